The Morgan fingerprint density at radius 1 is 1.14 bits per heavy atom. The zero-order chi connectivity index (χ0) is 17.4. The molecule has 2 aromatic rings. The minimum Gasteiger partial charge on any atom is -0.294 e. The number of benzene rings is 2. The summed E-state index contributed by atoms with van der Waals surface area (Å²) in [7, 11) is 0. The largest absolute Gasteiger partial charge is 0.417 e. The highest BCUT2D eigenvalue weighted by molar-refractivity contribution is 5.96. The molecule has 0 spiro atoms. The first kappa shape index (κ1) is 12.6. The molecule has 110 valence electrons. The summed E-state index contributed by atoms with van der Waals surface area (Å²) in [6, 6.07) is 7.36. The average molecular weight is 298 g/mol. The minimum atomic E-state index is -4.74. The van der Waals surface area contributed by atoms with E-state index in [1.807, 2.05) is 0 Å². The summed E-state index contributed by atoms with van der Waals surface area (Å²) in [5.74, 6) is -1.61. The normalized spacial score (nSPS) is 13.6. The summed E-state index contributed by atoms with van der Waals surface area (Å²) in [5.41, 5.74) is -1.49. The number of carbonyl (C=O) groups is 1. The topological polar surface area (TPSA) is 17.1 Å². The third-order valence-corrected chi connectivity index (χ3v) is 2.97. The fraction of sp³-hybridized carbons (Fsp3) is 0.188. The van der Waals surface area contributed by atoms with Crippen molar-refractivity contribution in [3.8, 4) is 11.1 Å². The first-order valence-corrected chi connectivity index (χ1v) is 6.02. The number of ketones is 1. The third-order valence-electron chi connectivity index (χ3n) is 2.97. The zero-order valence-corrected chi connectivity index (χ0v) is 11.0. The highest BCUT2D eigenvalue weighted by Gasteiger charge is 2.34. The van der Waals surface area contributed by atoms with Gasteiger partial charge in [-0.05, 0) is 29.3 Å². The molecule has 0 amide bonds. The molecule has 0 heterocycles. The number of alkyl halides is 3. The van der Waals surface area contributed by atoms with Gasteiger partial charge in [0.25, 0.3) is 0 Å². The summed E-state index contributed by atoms with van der Waals surface area (Å²) >= 11 is 0. The number of hydrogen-bond donors (Lipinski definition) is 0. The van der Waals surface area contributed by atoms with Crippen molar-refractivity contribution in [1.82, 2.24) is 0 Å². The molecular formula is C16H12F4O. The molecule has 0 aliphatic carbocycles. The predicted molar refractivity (Wildman–Crippen MR) is 71.5 cm³/mol. The van der Waals surface area contributed by atoms with Crippen molar-refractivity contribution in [2.24, 2.45) is 0 Å². The molecule has 2 aromatic carbocycles. The molecule has 0 radical (unpaired) electrons. The van der Waals surface area contributed by atoms with E-state index in [2.05, 4.69) is 0 Å². The van der Waals surface area contributed by atoms with Gasteiger partial charge in [-0.3, -0.25) is 4.79 Å². The molecular weight excluding hydrogens is 284 g/mol. The van der Waals surface area contributed by atoms with E-state index < -0.39 is 29.7 Å². The minimum absolute atomic E-state index is 0.150. The Morgan fingerprint density at radius 2 is 1.76 bits per heavy atom. The second-order valence-corrected chi connectivity index (χ2v) is 4.34. The smallest absolute Gasteiger partial charge is 0.294 e. The molecule has 0 aromatic heterocycles. The first-order chi connectivity index (χ1) is 10.5. The van der Waals surface area contributed by atoms with Gasteiger partial charge in [0.05, 0.1) is 5.56 Å². The Balaban J connectivity index is 2.61. The van der Waals surface area contributed by atoms with Gasteiger partial charge in [0, 0.05) is 14.7 Å². The monoisotopic (exact) mass is 298 g/mol. The predicted octanol–water partition coefficient (Wildman–Crippen LogP) is 5.10. The summed E-state index contributed by atoms with van der Waals surface area (Å²) in [6.07, 6.45) is -7.01. The lowest BCUT2D eigenvalue weighted by atomic mass is 9.95. The molecule has 21 heavy (non-hydrogen) atoms. The van der Waals surface area contributed by atoms with Crippen molar-refractivity contribution in [3.05, 3.63) is 59.4 Å². The number of hydrogen-bond acceptors (Lipinski definition) is 1. The van der Waals surface area contributed by atoms with Gasteiger partial charge < -0.3 is 0 Å². The maximum Gasteiger partial charge on any atom is 0.417 e. The Labute approximate surface area is 122 Å². The van der Waals surface area contributed by atoms with Crippen LogP contribution in [0.15, 0.2) is 42.5 Å². The van der Waals surface area contributed by atoms with Crippen LogP contribution >= 0.6 is 0 Å². The van der Waals surface area contributed by atoms with Gasteiger partial charge in [0.2, 0.25) is 0 Å². The molecule has 0 saturated carbocycles. The summed E-state index contributed by atoms with van der Waals surface area (Å²) in [5, 5.41) is 0. The maximum absolute atomic E-state index is 13.3. The molecule has 0 bridgehead atoms. The average Bonchev–Trinajstić information content (AvgIpc) is 2.45. The van der Waals surface area contributed by atoms with Crippen LogP contribution in [0.5, 0.6) is 0 Å². The molecule has 0 unspecified atom stereocenters. The van der Waals surface area contributed by atoms with Crippen molar-refractivity contribution < 1.29 is 25.1 Å². The summed E-state index contributed by atoms with van der Waals surface area (Å²) in [4.78, 5) is 11.8. The van der Waals surface area contributed by atoms with Crippen LogP contribution in [0, 0.1) is 5.82 Å². The van der Waals surface area contributed by atoms with E-state index in [1.54, 1.807) is 0 Å². The van der Waals surface area contributed by atoms with Gasteiger partial charge in [-0.2, -0.15) is 13.2 Å². The van der Waals surface area contributed by atoms with Crippen LogP contribution in [0.3, 0.4) is 0 Å². The van der Waals surface area contributed by atoms with Crippen LogP contribution in [0.2, 0.25) is 0 Å². The number of halogens is 4. The lowest BCUT2D eigenvalue weighted by Crippen LogP contribution is -2.09. The van der Waals surface area contributed by atoms with Crippen molar-refractivity contribution in [3.63, 3.8) is 0 Å². The Kier molecular flexibility index (Phi) is 3.39. The molecule has 0 atom stereocenters. The highest BCUT2D eigenvalue weighted by Crippen LogP contribution is 2.37. The van der Waals surface area contributed by atoms with Crippen molar-refractivity contribution in [2.45, 2.75) is 19.5 Å². The van der Waals surface area contributed by atoms with Gasteiger partial charge in [-0.1, -0.05) is 31.2 Å². The van der Waals surface area contributed by atoms with E-state index in [0.29, 0.717) is 6.07 Å². The maximum atomic E-state index is 13.3. The van der Waals surface area contributed by atoms with Crippen molar-refractivity contribution in [2.75, 3.05) is 0 Å². The first-order valence-electron chi connectivity index (χ1n) is 7.02. The number of rotatable bonds is 3. The molecule has 2 rings (SSSR count). The van der Waals surface area contributed by atoms with E-state index in [0.717, 1.165) is 31.2 Å². The fourth-order valence-electron chi connectivity index (χ4n) is 1.95. The molecule has 0 saturated heterocycles. The second kappa shape index (κ2) is 5.68. The Bertz CT molecular complexity index is 731. The molecule has 0 aliphatic heterocycles. The SMILES string of the molecule is [2H]C([2H])(C)C(=O)c1ccc(-c2ccc(F)cc2)c(C(F)(F)F)c1. The standard InChI is InChI=1S/C16H12F4O/c1-2-15(21)11-5-8-13(14(9-11)16(18,19)20)10-3-6-12(17)7-4-10/h3-9H,2H2,1H3/i2D2. The van der Waals surface area contributed by atoms with Gasteiger partial charge in [0.1, 0.15) is 5.82 Å². The quantitative estimate of drug-likeness (QED) is 0.569. The van der Waals surface area contributed by atoms with Gasteiger partial charge in [-0.25, -0.2) is 4.39 Å². The highest BCUT2D eigenvalue weighted by atomic mass is 19.4. The van der Waals surface area contributed by atoms with Crippen LogP contribution in [-0.4, -0.2) is 5.78 Å². The lowest BCUT2D eigenvalue weighted by molar-refractivity contribution is -0.137. The van der Waals surface area contributed by atoms with Gasteiger partial charge in [0.15, 0.2) is 5.78 Å². The molecule has 5 heteroatoms. The summed E-state index contributed by atoms with van der Waals surface area (Å²) < 4.78 is 67.4. The van der Waals surface area contributed by atoms with E-state index in [-0.39, 0.29) is 16.7 Å². The zero-order valence-electron chi connectivity index (χ0n) is 13.0. The van der Waals surface area contributed by atoms with Crippen LogP contribution in [0.1, 0.15) is 32.0 Å². The van der Waals surface area contributed by atoms with E-state index in [1.165, 1.54) is 12.1 Å². The van der Waals surface area contributed by atoms with Gasteiger partial charge >= 0.3 is 6.18 Å². The fourth-order valence-corrected chi connectivity index (χ4v) is 1.95. The second-order valence-electron chi connectivity index (χ2n) is 4.34. The number of carbonyl (C=O) groups excluding carboxylic acids is 1. The van der Waals surface area contributed by atoms with Crippen LogP contribution < -0.4 is 0 Å². The third kappa shape index (κ3) is 3.29. The van der Waals surface area contributed by atoms with Crippen LogP contribution in [0.4, 0.5) is 17.6 Å². The Morgan fingerprint density at radius 3 is 2.29 bits per heavy atom. The van der Waals surface area contributed by atoms with Crippen molar-refractivity contribution in [1.29, 1.82) is 0 Å². The van der Waals surface area contributed by atoms with E-state index >= 15 is 0 Å². The lowest BCUT2D eigenvalue weighted by Gasteiger charge is -2.14. The molecule has 0 N–H and O–H groups in total. The van der Waals surface area contributed by atoms with E-state index in [4.69, 9.17) is 2.74 Å². The Hall–Kier alpha value is -2.17. The van der Waals surface area contributed by atoms with Gasteiger partial charge in [-0.15, -0.1) is 0 Å². The molecule has 0 fully saturated rings. The van der Waals surface area contributed by atoms with Crippen LogP contribution in [-0.2, 0) is 6.18 Å². The molecule has 0 aliphatic rings. The van der Waals surface area contributed by atoms with E-state index in [9.17, 15) is 22.4 Å². The number of Topliss-reactive ketones (excluding diaryl/α,β-unsaturated/α-hetero) is 1. The van der Waals surface area contributed by atoms with Crippen LogP contribution in [0.25, 0.3) is 11.1 Å². The molecule has 1 nitrogen and oxygen atoms in total. The summed E-state index contributed by atoms with van der Waals surface area (Å²) in [6.45, 7) is 0.983. The van der Waals surface area contributed by atoms with Crippen molar-refractivity contribution >= 4 is 5.78 Å².